The number of benzene rings is 2. The number of amides is 1. The molecule has 0 aliphatic rings. The molecular weight excluding hydrogens is 314 g/mol. The molecule has 0 spiro atoms. The van der Waals surface area contributed by atoms with Crippen molar-refractivity contribution in [3.63, 3.8) is 0 Å². The molecule has 1 amide bonds. The molecular formula is C17H19NO4S. The molecule has 2 rings (SSSR count). The largest absolute Gasteiger partial charge is 0.494 e. The molecule has 2 aromatic carbocycles. The molecule has 2 aromatic rings. The van der Waals surface area contributed by atoms with Crippen molar-refractivity contribution < 1.29 is 17.9 Å². The molecule has 1 N–H and O–H groups in total. The lowest BCUT2D eigenvalue weighted by Gasteiger charge is -2.08. The van der Waals surface area contributed by atoms with E-state index in [1.54, 1.807) is 48.5 Å². The summed E-state index contributed by atoms with van der Waals surface area (Å²) in [5.41, 5.74) is 1.20. The first-order chi connectivity index (χ1) is 11.0. The van der Waals surface area contributed by atoms with Crippen LogP contribution in [0.3, 0.4) is 0 Å². The predicted molar refractivity (Wildman–Crippen MR) is 90.2 cm³/mol. The minimum absolute atomic E-state index is 0.148. The van der Waals surface area contributed by atoms with Gasteiger partial charge in [0.15, 0.2) is 9.84 Å². The lowest BCUT2D eigenvalue weighted by atomic mass is 10.2. The molecule has 0 fully saturated rings. The molecule has 0 aliphatic heterocycles. The van der Waals surface area contributed by atoms with Gasteiger partial charge in [-0.15, -0.1) is 0 Å². The van der Waals surface area contributed by atoms with E-state index in [0.29, 0.717) is 23.6 Å². The Morgan fingerprint density at radius 1 is 1.04 bits per heavy atom. The maximum Gasteiger partial charge on any atom is 0.239 e. The lowest BCUT2D eigenvalue weighted by molar-refractivity contribution is -0.113. The van der Waals surface area contributed by atoms with Crippen LogP contribution < -0.4 is 10.1 Å². The zero-order valence-electron chi connectivity index (χ0n) is 12.9. The van der Waals surface area contributed by atoms with Gasteiger partial charge in [-0.1, -0.05) is 30.3 Å². The average Bonchev–Trinajstić information content (AvgIpc) is 2.49. The number of hydrogen-bond donors (Lipinski definition) is 1. The van der Waals surface area contributed by atoms with Crippen LogP contribution in [0.15, 0.2) is 54.6 Å². The molecule has 0 unspecified atom stereocenters. The van der Waals surface area contributed by atoms with E-state index >= 15 is 0 Å². The average molecular weight is 333 g/mol. The van der Waals surface area contributed by atoms with Gasteiger partial charge in [-0.25, -0.2) is 8.42 Å². The summed E-state index contributed by atoms with van der Waals surface area (Å²) in [4.78, 5) is 11.9. The van der Waals surface area contributed by atoms with Crippen molar-refractivity contribution in [2.75, 3.05) is 17.7 Å². The van der Waals surface area contributed by atoms with E-state index in [1.807, 2.05) is 13.0 Å². The fourth-order valence-electron chi connectivity index (χ4n) is 2.08. The van der Waals surface area contributed by atoms with Crippen molar-refractivity contribution in [3.8, 4) is 5.75 Å². The maximum atomic E-state index is 12.1. The zero-order valence-corrected chi connectivity index (χ0v) is 13.7. The summed E-state index contributed by atoms with van der Waals surface area (Å²) in [5, 5.41) is 2.58. The number of anilines is 1. The van der Waals surface area contributed by atoms with Crippen LogP contribution >= 0.6 is 0 Å². The number of ether oxygens (including phenoxy) is 1. The van der Waals surface area contributed by atoms with E-state index in [1.165, 1.54) is 0 Å². The topological polar surface area (TPSA) is 72.5 Å². The van der Waals surface area contributed by atoms with E-state index in [9.17, 15) is 13.2 Å². The van der Waals surface area contributed by atoms with Crippen LogP contribution in [0.25, 0.3) is 0 Å². The standard InChI is InChI=1S/C17H19NO4S/c1-2-22-16-10-8-15(9-11-16)18-17(19)13-23(20,21)12-14-6-4-3-5-7-14/h3-11H,2,12-13H2,1H3,(H,18,19). The van der Waals surface area contributed by atoms with Gasteiger partial charge < -0.3 is 10.1 Å². The van der Waals surface area contributed by atoms with Crippen molar-refractivity contribution in [1.29, 1.82) is 0 Å². The van der Waals surface area contributed by atoms with Crippen LogP contribution in [-0.4, -0.2) is 26.7 Å². The predicted octanol–water partition coefficient (Wildman–Crippen LogP) is 2.64. The Bertz CT molecular complexity index is 740. The van der Waals surface area contributed by atoms with Crippen molar-refractivity contribution in [1.82, 2.24) is 0 Å². The molecule has 0 radical (unpaired) electrons. The highest BCUT2D eigenvalue weighted by Crippen LogP contribution is 2.16. The molecule has 0 aliphatic carbocycles. The third-order valence-electron chi connectivity index (χ3n) is 3.03. The minimum Gasteiger partial charge on any atom is -0.494 e. The van der Waals surface area contributed by atoms with Crippen LogP contribution in [0.5, 0.6) is 5.75 Å². The minimum atomic E-state index is -3.51. The molecule has 0 atom stereocenters. The van der Waals surface area contributed by atoms with Crippen LogP contribution in [0, 0.1) is 0 Å². The molecule has 5 nitrogen and oxygen atoms in total. The Hall–Kier alpha value is -2.34. The van der Waals surface area contributed by atoms with Crippen LogP contribution in [0.2, 0.25) is 0 Å². The molecule has 23 heavy (non-hydrogen) atoms. The monoisotopic (exact) mass is 333 g/mol. The van der Waals surface area contributed by atoms with Crippen molar-refractivity contribution in [3.05, 3.63) is 60.2 Å². The number of rotatable bonds is 7. The maximum absolute atomic E-state index is 12.1. The van der Waals surface area contributed by atoms with E-state index in [4.69, 9.17) is 4.74 Å². The summed E-state index contributed by atoms with van der Waals surface area (Å²) >= 11 is 0. The van der Waals surface area contributed by atoms with Crippen LogP contribution in [0.1, 0.15) is 12.5 Å². The fraction of sp³-hybridized carbons (Fsp3) is 0.235. The van der Waals surface area contributed by atoms with Crippen LogP contribution in [0.4, 0.5) is 5.69 Å². The molecule has 0 saturated heterocycles. The first-order valence-electron chi connectivity index (χ1n) is 7.25. The normalized spacial score (nSPS) is 11.0. The molecule has 6 heteroatoms. The number of nitrogens with one attached hydrogen (secondary N) is 1. The second-order valence-electron chi connectivity index (χ2n) is 5.02. The Morgan fingerprint density at radius 2 is 1.70 bits per heavy atom. The summed E-state index contributed by atoms with van der Waals surface area (Å²) in [7, 11) is -3.51. The van der Waals surface area contributed by atoms with E-state index in [2.05, 4.69) is 5.32 Å². The van der Waals surface area contributed by atoms with Crippen molar-refractivity contribution in [2.24, 2.45) is 0 Å². The quantitative estimate of drug-likeness (QED) is 0.845. The molecule has 0 bridgehead atoms. The van der Waals surface area contributed by atoms with Gasteiger partial charge in [0.1, 0.15) is 11.5 Å². The number of sulfone groups is 1. The molecule has 0 heterocycles. The van der Waals surface area contributed by atoms with Crippen LogP contribution in [-0.2, 0) is 20.4 Å². The van der Waals surface area contributed by atoms with E-state index < -0.39 is 21.5 Å². The highest BCUT2D eigenvalue weighted by molar-refractivity contribution is 7.91. The molecule has 0 saturated carbocycles. The van der Waals surface area contributed by atoms with E-state index in [-0.39, 0.29) is 5.75 Å². The third kappa shape index (κ3) is 5.75. The number of hydrogen-bond acceptors (Lipinski definition) is 4. The van der Waals surface area contributed by atoms with Gasteiger partial charge in [-0.2, -0.15) is 0 Å². The highest BCUT2D eigenvalue weighted by atomic mass is 32.2. The highest BCUT2D eigenvalue weighted by Gasteiger charge is 2.17. The van der Waals surface area contributed by atoms with Gasteiger partial charge in [-0.3, -0.25) is 4.79 Å². The Kier molecular flexibility index (Phi) is 5.76. The van der Waals surface area contributed by atoms with Gasteiger partial charge in [0, 0.05) is 5.69 Å². The van der Waals surface area contributed by atoms with Gasteiger partial charge >= 0.3 is 0 Å². The second kappa shape index (κ2) is 7.78. The first-order valence-corrected chi connectivity index (χ1v) is 9.08. The third-order valence-corrected chi connectivity index (χ3v) is 4.50. The Labute approximate surface area is 136 Å². The summed E-state index contributed by atoms with van der Waals surface area (Å²) in [6.45, 7) is 2.44. The van der Waals surface area contributed by atoms with Crippen molar-refractivity contribution >= 4 is 21.4 Å². The van der Waals surface area contributed by atoms with Gasteiger partial charge in [0.2, 0.25) is 5.91 Å². The molecule has 0 aromatic heterocycles. The lowest BCUT2D eigenvalue weighted by Crippen LogP contribution is -2.23. The fourth-order valence-corrected chi connectivity index (χ4v) is 3.35. The summed E-state index contributed by atoms with van der Waals surface area (Å²) in [5.74, 6) is -0.549. The summed E-state index contributed by atoms with van der Waals surface area (Å²) < 4.78 is 29.4. The molecule has 122 valence electrons. The van der Waals surface area contributed by atoms with Gasteiger partial charge in [-0.05, 0) is 36.8 Å². The second-order valence-corrected chi connectivity index (χ2v) is 7.09. The van der Waals surface area contributed by atoms with Gasteiger partial charge in [0.05, 0.1) is 12.4 Å². The SMILES string of the molecule is CCOc1ccc(NC(=O)CS(=O)(=O)Cc2ccccc2)cc1. The smallest absolute Gasteiger partial charge is 0.239 e. The number of carbonyl (C=O) groups excluding carboxylic acids is 1. The zero-order chi connectivity index (χ0) is 16.7. The van der Waals surface area contributed by atoms with E-state index in [0.717, 1.165) is 0 Å². The first kappa shape index (κ1) is 17.0. The van der Waals surface area contributed by atoms with Crippen molar-refractivity contribution in [2.45, 2.75) is 12.7 Å². The number of carbonyl (C=O) groups is 1. The van der Waals surface area contributed by atoms with Gasteiger partial charge in [0.25, 0.3) is 0 Å². The Morgan fingerprint density at radius 3 is 2.30 bits per heavy atom. The Balaban J connectivity index is 1.93. The summed E-state index contributed by atoms with van der Waals surface area (Å²) in [6, 6.07) is 15.6. The summed E-state index contributed by atoms with van der Waals surface area (Å²) in [6.07, 6.45) is 0.